The minimum Gasteiger partial charge on any atom is -0.316 e. The zero-order valence-corrected chi connectivity index (χ0v) is 10.4. The molecule has 1 atom stereocenters. The second kappa shape index (κ2) is 5.04. The van der Waals surface area contributed by atoms with Crippen molar-refractivity contribution in [2.24, 2.45) is 0 Å². The van der Waals surface area contributed by atoms with Crippen LogP contribution in [0.2, 0.25) is 0 Å². The summed E-state index contributed by atoms with van der Waals surface area (Å²) < 4.78 is 0. The lowest BCUT2D eigenvalue weighted by Gasteiger charge is -2.24. The molecule has 1 aromatic carbocycles. The first-order chi connectivity index (χ1) is 7.31. The van der Waals surface area contributed by atoms with Crippen molar-refractivity contribution in [3.8, 4) is 0 Å². The first-order valence-electron chi connectivity index (χ1n) is 5.66. The lowest BCUT2D eigenvalue weighted by atomic mass is 9.89. The van der Waals surface area contributed by atoms with Crippen LogP contribution in [-0.2, 0) is 0 Å². The van der Waals surface area contributed by atoms with Gasteiger partial charge in [-0.2, -0.15) is 0 Å². The summed E-state index contributed by atoms with van der Waals surface area (Å²) in [6, 6.07) is 6.88. The monoisotopic (exact) mass is 221 g/mol. The van der Waals surface area contributed by atoms with Gasteiger partial charge in [0.05, 0.1) is 0 Å². The first kappa shape index (κ1) is 11.0. The Morgan fingerprint density at radius 3 is 2.87 bits per heavy atom. The van der Waals surface area contributed by atoms with Gasteiger partial charge in [0.1, 0.15) is 0 Å². The van der Waals surface area contributed by atoms with Gasteiger partial charge in [0.15, 0.2) is 0 Å². The van der Waals surface area contributed by atoms with Crippen LogP contribution in [-0.4, -0.2) is 19.3 Å². The largest absolute Gasteiger partial charge is 0.316 e. The summed E-state index contributed by atoms with van der Waals surface area (Å²) in [5, 5.41) is 3.48. The summed E-state index contributed by atoms with van der Waals surface area (Å²) in [5.74, 6) is 0.731. The molecule has 0 aromatic heterocycles. The average Bonchev–Trinajstić information content (AvgIpc) is 2.30. The van der Waals surface area contributed by atoms with E-state index in [9.17, 15) is 0 Å². The molecule has 0 radical (unpaired) electrons. The molecule has 1 N–H and O–H groups in total. The first-order valence-corrected chi connectivity index (χ1v) is 6.89. The standard InChI is InChI=1S/C13H19NS/c1-10-8-12(15-2)5-6-13(10)11-4-3-7-14-9-11/h5-6,8,11,14H,3-4,7,9H2,1-2H3. The van der Waals surface area contributed by atoms with Gasteiger partial charge in [0.25, 0.3) is 0 Å². The highest BCUT2D eigenvalue weighted by molar-refractivity contribution is 7.98. The third-order valence-corrected chi connectivity index (χ3v) is 3.94. The van der Waals surface area contributed by atoms with Crippen molar-refractivity contribution in [2.45, 2.75) is 30.6 Å². The minimum absolute atomic E-state index is 0.731. The summed E-state index contributed by atoms with van der Waals surface area (Å²) >= 11 is 1.82. The van der Waals surface area contributed by atoms with Gasteiger partial charge < -0.3 is 5.32 Å². The van der Waals surface area contributed by atoms with E-state index in [1.807, 2.05) is 11.8 Å². The Morgan fingerprint density at radius 1 is 1.40 bits per heavy atom. The number of thioether (sulfide) groups is 1. The van der Waals surface area contributed by atoms with Gasteiger partial charge in [0.2, 0.25) is 0 Å². The Bertz CT molecular complexity index is 329. The zero-order valence-electron chi connectivity index (χ0n) is 9.55. The molecule has 1 saturated heterocycles. The molecular weight excluding hydrogens is 202 g/mol. The van der Waals surface area contributed by atoms with Gasteiger partial charge in [-0.25, -0.2) is 0 Å². The predicted molar refractivity (Wildman–Crippen MR) is 67.8 cm³/mol. The van der Waals surface area contributed by atoms with Crippen LogP contribution >= 0.6 is 11.8 Å². The summed E-state index contributed by atoms with van der Waals surface area (Å²) in [5.41, 5.74) is 3.00. The minimum atomic E-state index is 0.731. The van der Waals surface area contributed by atoms with E-state index in [4.69, 9.17) is 0 Å². The number of piperidine rings is 1. The highest BCUT2D eigenvalue weighted by Crippen LogP contribution is 2.28. The van der Waals surface area contributed by atoms with Crippen molar-refractivity contribution in [1.82, 2.24) is 5.32 Å². The van der Waals surface area contributed by atoms with E-state index in [-0.39, 0.29) is 0 Å². The molecule has 0 spiro atoms. The van der Waals surface area contributed by atoms with E-state index >= 15 is 0 Å². The molecule has 0 aliphatic carbocycles. The molecule has 2 rings (SSSR count). The Hall–Kier alpha value is -0.470. The Morgan fingerprint density at radius 2 is 2.27 bits per heavy atom. The lowest BCUT2D eigenvalue weighted by Crippen LogP contribution is -2.28. The molecular formula is C13H19NS. The molecule has 15 heavy (non-hydrogen) atoms. The van der Waals surface area contributed by atoms with Crippen molar-refractivity contribution in [3.05, 3.63) is 29.3 Å². The summed E-state index contributed by atoms with van der Waals surface area (Å²) in [4.78, 5) is 1.38. The quantitative estimate of drug-likeness (QED) is 0.770. The van der Waals surface area contributed by atoms with Crippen LogP contribution in [0.25, 0.3) is 0 Å². The molecule has 2 heteroatoms. The van der Waals surface area contributed by atoms with Crippen LogP contribution in [0.5, 0.6) is 0 Å². The third-order valence-electron chi connectivity index (χ3n) is 3.21. The van der Waals surface area contributed by atoms with Crippen LogP contribution in [0.3, 0.4) is 0 Å². The number of hydrogen-bond acceptors (Lipinski definition) is 2. The summed E-state index contributed by atoms with van der Waals surface area (Å²) in [7, 11) is 0. The van der Waals surface area contributed by atoms with Crippen LogP contribution in [0.4, 0.5) is 0 Å². The number of benzene rings is 1. The van der Waals surface area contributed by atoms with Gasteiger partial charge in [-0.05, 0) is 61.7 Å². The lowest BCUT2D eigenvalue weighted by molar-refractivity contribution is 0.460. The molecule has 1 heterocycles. The highest BCUT2D eigenvalue weighted by atomic mass is 32.2. The van der Waals surface area contributed by atoms with E-state index in [1.54, 1.807) is 5.56 Å². The molecule has 1 nitrogen and oxygen atoms in total. The maximum atomic E-state index is 3.48. The topological polar surface area (TPSA) is 12.0 Å². The van der Waals surface area contributed by atoms with Crippen molar-refractivity contribution in [2.75, 3.05) is 19.3 Å². The molecule has 0 saturated carbocycles. The molecule has 1 aliphatic rings. The maximum Gasteiger partial charge on any atom is 0.00719 e. The van der Waals surface area contributed by atoms with Crippen molar-refractivity contribution in [3.63, 3.8) is 0 Å². The van der Waals surface area contributed by atoms with Crippen molar-refractivity contribution < 1.29 is 0 Å². The van der Waals surface area contributed by atoms with Gasteiger partial charge in [-0.1, -0.05) is 6.07 Å². The SMILES string of the molecule is CSc1ccc(C2CCCNC2)c(C)c1. The van der Waals surface area contributed by atoms with Crippen LogP contribution in [0, 0.1) is 6.92 Å². The predicted octanol–water partition coefficient (Wildman–Crippen LogP) is 3.18. The van der Waals surface area contributed by atoms with Crippen LogP contribution in [0.15, 0.2) is 23.1 Å². The highest BCUT2D eigenvalue weighted by Gasteiger charge is 2.16. The number of hydrogen-bond donors (Lipinski definition) is 1. The van der Waals surface area contributed by atoms with E-state index < -0.39 is 0 Å². The van der Waals surface area contributed by atoms with Gasteiger partial charge >= 0.3 is 0 Å². The van der Waals surface area contributed by atoms with Gasteiger partial charge in [-0.3, -0.25) is 0 Å². The van der Waals surface area contributed by atoms with Crippen LogP contribution < -0.4 is 5.32 Å². The molecule has 1 aromatic rings. The van der Waals surface area contributed by atoms with E-state index in [0.29, 0.717) is 0 Å². The molecule has 1 aliphatic heterocycles. The van der Waals surface area contributed by atoms with E-state index in [1.165, 1.54) is 29.8 Å². The molecule has 1 unspecified atom stereocenters. The molecule has 0 amide bonds. The normalized spacial score (nSPS) is 21.6. The Labute approximate surface area is 96.7 Å². The fourth-order valence-electron chi connectivity index (χ4n) is 2.35. The van der Waals surface area contributed by atoms with Gasteiger partial charge in [0, 0.05) is 11.4 Å². The summed E-state index contributed by atoms with van der Waals surface area (Å²) in [6.07, 6.45) is 4.79. The molecule has 0 bridgehead atoms. The molecule has 1 fully saturated rings. The second-order valence-electron chi connectivity index (χ2n) is 4.27. The maximum absolute atomic E-state index is 3.48. The van der Waals surface area contributed by atoms with E-state index in [2.05, 4.69) is 36.7 Å². The smallest absolute Gasteiger partial charge is 0.00719 e. The Balaban J connectivity index is 2.19. The Kier molecular flexibility index (Phi) is 3.71. The number of aryl methyl sites for hydroxylation is 1. The van der Waals surface area contributed by atoms with Crippen molar-refractivity contribution in [1.29, 1.82) is 0 Å². The fourth-order valence-corrected chi connectivity index (χ4v) is 2.85. The van der Waals surface area contributed by atoms with Crippen LogP contribution in [0.1, 0.15) is 29.9 Å². The van der Waals surface area contributed by atoms with E-state index in [0.717, 1.165) is 12.5 Å². The average molecular weight is 221 g/mol. The van der Waals surface area contributed by atoms with Gasteiger partial charge in [-0.15, -0.1) is 11.8 Å². The summed E-state index contributed by atoms with van der Waals surface area (Å²) in [6.45, 7) is 4.58. The van der Waals surface area contributed by atoms with Crippen molar-refractivity contribution >= 4 is 11.8 Å². The third kappa shape index (κ3) is 2.56. The zero-order chi connectivity index (χ0) is 10.7. The fraction of sp³-hybridized carbons (Fsp3) is 0.538. The second-order valence-corrected chi connectivity index (χ2v) is 5.15. The molecule has 82 valence electrons. The number of rotatable bonds is 2. The number of nitrogens with one attached hydrogen (secondary N) is 1.